The van der Waals surface area contributed by atoms with Gasteiger partial charge in [0.25, 0.3) is 0 Å². The van der Waals surface area contributed by atoms with Gasteiger partial charge in [-0.1, -0.05) is 11.6 Å². The van der Waals surface area contributed by atoms with Gasteiger partial charge in [-0.25, -0.2) is 9.59 Å². The van der Waals surface area contributed by atoms with Crippen LogP contribution in [0.4, 0.5) is 0 Å². The summed E-state index contributed by atoms with van der Waals surface area (Å²) in [5.41, 5.74) is 0.933. The molecular formula is C20H14ClNO6. The zero-order valence-corrected chi connectivity index (χ0v) is 15.7. The lowest BCUT2D eigenvalue weighted by atomic mass is 10.1. The minimum Gasteiger partial charge on any atom is -0.493 e. The SMILES string of the molecule is COc1cc(C#N)cc(Cl)c1OC(=O)COc1ccc2c(C)cc(=O)oc2c1. The molecule has 0 bridgehead atoms. The fourth-order valence-electron chi connectivity index (χ4n) is 2.56. The van der Waals surface area contributed by atoms with E-state index in [4.69, 9.17) is 35.5 Å². The summed E-state index contributed by atoms with van der Waals surface area (Å²) in [6, 6.07) is 11.0. The number of rotatable bonds is 5. The smallest absolute Gasteiger partial charge is 0.349 e. The van der Waals surface area contributed by atoms with Gasteiger partial charge in [0.05, 0.1) is 23.8 Å². The van der Waals surface area contributed by atoms with Crippen molar-refractivity contribution in [1.29, 1.82) is 5.26 Å². The van der Waals surface area contributed by atoms with Crippen LogP contribution in [0.3, 0.4) is 0 Å². The minimum absolute atomic E-state index is 0.00287. The van der Waals surface area contributed by atoms with Gasteiger partial charge in [-0.3, -0.25) is 0 Å². The van der Waals surface area contributed by atoms with E-state index in [1.54, 1.807) is 19.1 Å². The number of esters is 1. The third kappa shape index (κ3) is 4.08. The van der Waals surface area contributed by atoms with Gasteiger partial charge < -0.3 is 18.6 Å². The van der Waals surface area contributed by atoms with Crippen molar-refractivity contribution in [2.75, 3.05) is 13.7 Å². The maximum atomic E-state index is 12.1. The molecule has 1 heterocycles. The number of hydrogen-bond donors (Lipinski definition) is 0. The van der Waals surface area contributed by atoms with E-state index in [9.17, 15) is 9.59 Å². The van der Waals surface area contributed by atoms with Crippen LogP contribution in [0.2, 0.25) is 5.02 Å². The normalized spacial score (nSPS) is 10.4. The quantitative estimate of drug-likeness (QED) is 0.367. The van der Waals surface area contributed by atoms with Crippen LogP contribution < -0.4 is 19.8 Å². The Balaban J connectivity index is 1.74. The standard InChI is InChI=1S/C20H14ClNO6/c1-11-5-18(23)27-16-8-13(3-4-14(11)16)26-10-19(24)28-20-15(21)6-12(9-22)7-17(20)25-2/h3-8H,10H2,1-2H3. The summed E-state index contributed by atoms with van der Waals surface area (Å²) in [4.78, 5) is 23.6. The van der Waals surface area contributed by atoms with Crippen molar-refractivity contribution in [3.05, 3.63) is 63.0 Å². The Hall–Kier alpha value is -3.50. The molecule has 0 amide bonds. The Labute approximate surface area is 164 Å². The molecular weight excluding hydrogens is 386 g/mol. The molecule has 3 aromatic rings. The molecule has 0 fully saturated rings. The molecule has 0 saturated heterocycles. The highest BCUT2D eigenvalue weighted by atomic mass is 35.5. The summed E-state index contributed by atoms with van der Waals surface area (Å²) in [5.74, 6) is -0.246. The predicted molar refractivity (Wildman–Crippen MR) is 101 cm³/mol. The highest BCUT2D eigenvalue weighted by Crippen LogP contribution is 2.36. The lowest BCUT2D eigenvalue weighted by Gasteiger charge is -2.12. The number of nitriles is 1. The Kier molecular flexibility index (Phi) is 5.52. The zero-order valence-electron chi connectivity index (χ0n) is 14.9. The van der Waals surface area contributed by atoms with E-state index in [1.165, 1.54) is 31.4 Å². The first-order valence-corrected chi connectivity index (χ1v) is 8.44. The van der Waals surface area contributed by atoms with E-state index in [2.05, 4.69) is 0 Å². The molecule has 0 aliphatic heterocycles. The maximum absolute atomic E-state index is 12.1. The molecule has 7 nitrogen and oxygen atoms in total. The Morgan fingerprint density at radius 1 is 1.25 bits per heavy atom. The fourth-order valence-corrected chi connectivity index (χ4v) is 2.81. The molecule has 8 heteroatoms. The summed E-state index contributed by atoms with van der Waals surface area (Å²) in [7, 11) is 1.37. The highest BCUT2D eigenvalue weighted by molar-refractivity contribution is 6.32. The number of carbonyl (C=O) groups is 1. The summed E-state index contributed by atoms with van der Waals surface area (Å²) in [6.07, 6.45) is 0. The fraction of sp³-hybridized carbons (Fsp3) is 0.150. The number of fused-ring (bicyclic) bond motifs is 1. The van der Waals surface area contributed by atoms with Crippen LogP contribution in [0.5, 0.6) is 17.2 Å². The predicted octanol–water partition coefficient (Wildman–Crippen LogP) is 3.62. The van der Waals surface area contributed by atoms with Crippen molar-refractivity contribution in [2.24, 2.45) is 0 Å². The van der Waals surface area contributed by atoms with Crippen LogP contribution in [-0.4, -0.2) is 19.7 Å². The molecule has 3 rings (SSSR count). The summed E-state index contributed by atoms with van der Waals surface area (Å²) >= 11 is 6.06. The highest BCUT2D eigenvalue weighted by Gasteiger charge is 2.16. The third-order valence-electron chi connectivity index (χ3n) is 3.85. The van der Waals surface area contributed by atoms with E-state index in [0.717, 1.165) is 10.9 Å². The number of nitrogens with zero attached hydrogens (tertiary/aromatic N) is 1. The first kappa shape index (κ1) is 19.3. The second kappa shape index (κ2) is 8.03. The minimum atomic E-state index is -0.726. The van der Waals surface area contributed by atoms with Gasteiger partial charge in [-0.15, -0.1) is 0 Å². The molecule has 0 unspecified atom stereocenters. The molecule has 2 aromatic carbocycles. The molecule has 142 valence electrons. The van der Waals surface area contributed by atoms with Crippen molar-refractivity contribution in [3.63, 3.8) is 0 Å². The van der Waals surface area contributed by atoms with Gasteiger partial charge in [0.2, 0.25) is 0 Å². The lowest BCUT2D eigenvalue weighted by Crippen LogP contribution is -2.18. The first-order valence-electron chi connectivity index (χ1n) is 8.07. The van der Waals surface area contributed by atoms with E-state index in [0.29, 0.717) is 11.3 Å². The van der Waals surface area contributed by atoms with E-state index in [1.807, 2.05) is 6.07 Å². The molecule has 0 radical (unpaired) electrons. The van der Waals surface area contributed by atoms with E-state index >= 15 is 0 Å². The van der Waals surface area contributed by atoms with Crippen LogP contribution in [0, 0.1) is 18.3 Å². The van der Waals surface area contributed by atoms with Gasteiger partial charge in [0, 0.05) is 23.6 Å². The maximum Gasteiger partial charge on any atom is 0.349 e. The van der Waals surface area contributed by atoms with Crippen molar-refractivity contribution >= 4 is 28.5 Å². The van der Waals surface area contributed by atoms with Crippen molar-refractivity contribution in [2.45, 2.75) is 6.92 Å². The number of hydrogen-bond acceptors (Lipinski definition) is 7. The summed E-state index contributed by atoms with van der Waals surface area (Å²) in [5, 5.41) is 9.78. The van der Waals surface area contributed by atoms with Gasteiger partial charge >= 0.3 is 11.6 Å². The number of benzene rings is 2. The molecule has 0 saturated carbocycles. The second-order valence-electron chi connectivity index (χ2n) is 5.77. The first-order chi connectivity index (χ1) is 13.4. The molecule has 0 spiro atoms. The van der Waals surface area contributed by atoms with Gasteiger partial charge in [0.1, 0.15) is 11.3 Å². The summed E-state index contributed by atoms with van der Waals surface area (Å²) < 4.78 is 20.9. The number of aryl methyl sites for hydroxylation is 1. The van der Waals surface area contributed by atoms with Gasteiger partial charge in [-0.05, 0) is 30.7 Å². The second-order valence-corrected chi connectivity index (χ2v) is 6.18. The van der Waals surface area contributed by atoms with Crippen LogP contribution in [-0.2, 0) is 4.79 Å². The molecule has 0 atom stereocenters. The van der Waals surface area contributed by atoms with E-state index < -0.39 is 18.2 Å². The number of carbonyl (C=O) groups excluding carboxylic acids is 1. The van der Waals surface area contributed by atoms with Crippen molar-refractivity contribution in [3.8, 4) is 23.3 Å². The average molecular weight is 400 g/mol. The Morgan fingerprint density at radius 3 is 2.75 bits per heavy atom. The topological polar surface area (TPSA) is 98.8 Å². The Morgan fingerprint density at radius 2 is 2.04 bits per heavy atom. The number of ether oxygens (including phenoxy) is 3. The molecule has 0 aliphatic rings. The van der Waals surface area contributed by atoms with Crippen LogP contribution >= 0.6 is 11.6 Å². The van der Waals surface area contributed by atoms with Gasteiger partial charge in [-0.2, -0.15) is 5.26 Å². The van der Waals surface area contributed by atoms with E-state index in [-0.39, 0.29) is 22.1 Å². The average Bonchev–Trinajstić information content (AvgIpc) is 2.67. The van der Waals surface area contributed by atoms with Crippen LogP contribution in [0.25, 0.3) is 11.0 Å². The third-order valence-corrected chi connectivity index (χ3v) is 4.13. The molecule has 1 aromatic heterocycles. The summed E-state index contributed by atoms with van der Waals surface area (Å²) in [6.45, 7) is 1.38. The molecule has 0 aliphatic carbocycles. The number of halogens is 1. The number of methoxy groups -OCH3 is 1. The largest absolute Gasteiger partial charge is 0.493 e. The van der Waals surface area contributed by atoms with Crippen LogP contribution in [0.1, 0.15) is 11.1 Å². The molecule has 28 heavy (non-hydrogen) atoms. The van der Waals surface area contributed by atoms with Gasteiger partial charge in [0.15, 0.2) is 18.1 Å². The Bertz CT molecular complexity index is 1160. The lowest BCUT2D eigenvalue weighted by molar-refractivity contribution is -0.136. The van der Waals surface area contributed by atoms with Crippen molar-refractivity contribution < 1.29 is 23.4 Å². The molecule has 0 N–H and O–H groups in total. The van der Waals surface area contributed by atoms with Crippen molar-refractivity contribution in [1.82, 2.24) is 0 Å². The van der Waals surface area contributed by atoms with Crippen LogP contribution in [0.15, 0.2) is 45.6 Å². The monoisotopic (exact) mass is 399 g/mol. The zero-order chi connectivity index (χ0) is 20.3.